The highest BCUT2D eigenvalue weighted by Gasteiger charge is 2.27. The third-order valence-corrected chi connectivity index (χ3v) is 4.56. The van der Waals surface area contributed by atoms with Crippen LogP contribution in [-0.2, 0) is 6.42 Å². The van der Waals surface area contributed by atoms with E-state index in [0.29, 0.717) is 12.1 Å². The molecule has 118 valence electrons. The fourth-order valence-corrected chi connectivity index (χ4v) is 3.26. The van der Waals surface area contributed by atoms with Crippen molar-refractivity contribution in [1.82, 2.24) is 10.2 Å². The Kier molecular flexibility index (Phi) is 6.72. The number of hydrogen-bond acceptors (Lipinski definition) is 2. The minimum atomic E-state index is 0.652. The number of rotatable bonds is 7. The van der Waals surface area contributed by atoms with Crippen LogP contribution in [0, 0.1) is 5.92 Å². The second-order valence-electron chi connectivity index (χ2n) is 6.91. The summed E-state index contributed by atoms with van der Waals surface area (Å²) in [5.41, 5.74) is 1.47. The molecule has 2 unspecified atom stereocenters. The number of nitrogens with zero attached hydrogens (tertiary/aromatic N) is 1. The Labute approximate surface area is 130 Å². The van der Waals surface area contributed by atoms with E-state index in [9.17, 15) is 0 Å². The summed E-state index contributed by atoms with van der Waals surface area (Å²) in [7, 11) is 0. The molecule has 1 aliphatic rings. The Bertz CT molecular complexity index is 388. The van der Waals surface area contributed by atoms with Crippen molar-refractivity contribution in [1.29, 1.82) is 0 Å². The molecule has 1 N–H and O–H groups in total. The van der Waals surface area contributed by atoms with E-state index in [0.717, 1.165) is 12.5 Å². The van der Waals surface area contributed by atoms with E-state index in [4.69, 9.17) is 0 Å². The molecule has 21 heavy (non-hydrogen) atoms. The third-order valence-electron chi connectivity index (χ3n) is 4.56. The monoisotopic (exact) mass is 288 g/mol. The SMILES string of the molecule is CCCC1CN(CCC(C)C)C(Cc2ccccc2)CN1. The first-order chi connectivity index (χ1) is 10.2. The molecule has 1 aliphatic heterocycles. The maximum Gasteiger partial charge on any atom is 0.0261 e. The normalized spacial score (nSPS) is 23.6. The first-order valence-electron chi connectivity index (χ1n) is 8.70. The van der Waals surface area contributed by atoms with Gasteiger partial charge in [-0.3, -0.25) is 4.90 Å². The van der Waals surface area contributed by atoms with Crippen LogP contribution in [0.2, 0.25) is 0 Å². The molecule has 1 aromatic rings. The second kappa shape index (κ2) is 8.55. The van der Waals surface area contributed by atoms with Crippen molar-refractivity contribution in [3.8, 4) is 0 Å². The van der Waals surface area contributed by atoms with Gasteiger partial charge in [0.15, 0.2) is 0 Å². The van der Waals surface area contributed by atoms with Crippen LogP contribution < -0.4 is 5.32 Å². The topological polar surface area (TPSA) is 15.3 Å². The molecule has 2 atom stereocenters. The van der Waals surface area contributed by atoms with Gasteiger partial charge in [-0.15, -0.1) is 0 Å². The lowest BCUT2D eigenvalue weighted by Gasteiger charge is -2.41. The van der Waals surface area contributed by atoms with Crippen molar-refractivity contribution in [3.05, 3.63) is 35.9 Å². The number of benzene rings is 1. The predicted octanol–water partition coefficient (Wildman–Crippen LogP) is 3.72. The average Bonchev–Trinajstić information content (AvgIpc) is 2.48. The minimum absolute atomic E-state index is 0.652. The highest BCUT2D eigenvalue weighted by atomic mass is 15.2. The molecule has 0 bridgehead atoms. The lowest BCUT2D eigenvalue weighted by Crippen LogP contribution is -2.57. The molecule has 2 nitrogen and oxygen atoms in total. The molecule has 2 heteroatoms. The quantitative estimate of drug-likeness (QED) is 0.822. The summed E-state index contributed by atoms with van der Waals surface area (Å²) in [5.74, 6) is 0.793. The van der Waals surface area contributed by atoms with Crippen molar-refractivity contribution in [2.45, 2.75) is 58.5 Å². The van der Waals surface area contributed by atoms with Gasteiger partial charge in [-0.2, -0.15) is 0 Å². The van der Waals surface area contributed by atoms with Crippen molar-refractivity contribution in [2.75, 3.05) is 19.6 Å². The van der Waals surface area contributed by atoms with Crippen LogP contribution >= 0.6 is 0 Å². The molecule has 0 saturated carbocycles. The van der Waals surface area contributed by atoms with Crippen molar-refractivity contribution in [2.24, 2.45) is 5.92 Å². The Balaban J connectivity index is 1.96. The van der Waals surface area contributed by atoms with Gasteiger partial charge in [0.05, 0.1) is 0 Å². The van der Waals surface area contributed by atoms with Crippen LogP contribution in [0.4, 0.5) is 0 Å². The molecule has 0 amide bonds. The van der Waals surface area contributed by atoms with E-state index in [2.05, 4.69) is 61.3 Å². The van der Waals surface area contributed by atoms with Gasteiger partial charge in [-0.25, -0.2) is 0 Å². The Hall–Kier alpha value is -0.860. The van der Waals surface area contributed by atoms with Gasteiger partial charge >= 0.3 is 0 Å². The standard InChI is InChI=1S/C19H32N2/c1-4-8-18-15-21(12-11-16(2)3)19(14-20-18)13-17-9-6-5-7-10-17/h5-7,9-10,16,18-20H,4,8,11-15H2,1-3H3. The maximum atomic E-state index is 3.77. The molecule has 0 aromatic heterocycles. The van der Waals surface area contributed by atoms with Gasteiger partial charge in [-0.05, 0) is 37.3 Å². The van der Waals surface area contributed by atoms with E-state index >= 15 is 0 Å². The van der Waals surface area contributed by atoms with Crippen LogP contribution in [0.5, 0.6) is 0 Å². The smallest absolute Gasteiger partial charge is 0.0261 e. The molecular formula is C19H32N2. The number of piperazine rings is 1. The molecule has 0 radical (unpaired) electrons. The first-order valence-corrected chi connectivity index (χ1v) is 8.70. The largest absolute Gasteiger partial charge is 0.311 e. The van der Waals surface area contributed by atoms with Gasteiger partial charge < -0.3 is 5.32 Å². The summed E-state index contributed by atoms with van der Waals surface area (Å²) in [6, 6.07) is 12.3. The zero-order valence-corrected chi connectivity index (χ0v) is 14.0. The third kappa shape index (κ3) is 5.44. The Morgan fingerprint density at radius 1 is 1.24 bits per heavy atom. The van der Waals surface area contributed by atoms with E-state index in [-0.39, 0.29) is 0 Å². The van der Waals surface area contributed by atoms with E-state index < -0.39 is 0 Å². The predicted molar refractivity (Wildman–Crippen MR) is 91.7 cm³/mol. The minimum Gasteiger partial charge on any atom is -0.311 e. The van der Waals surface area contributed by atoms with Gasteiger partial charge in [0.25, 0.3) is 0 Å². The average molecular weight is 288 g/mol. The van der Waals surface area contributed by atoms with Crippen LogP contribution in [0.15, 0.2) is 30.3 Å². The number of nitrogens with one attached hydrogen (secondary N) is 1. The summed E-state index contributed by atoms with van der Waals surface area (Å²) in [4.78, 5) is 2.74. The summed E-state index contributed by atoms with van der Waals surface area (Å²) in [6.45, 7) is 10.6. The second-order valence-corrected chi connectivity index (χ2v) is 6.91. The molecular weight excluding hydrogens is 256 g/mol. The Morgan fingerprint density at radius 3 is 2.67 bits per heavy atom. The van der Waals surface area contributed by atoms with Crippen molar-refractivity contribution < 1.29 is 0 Å². The van der Waals surface area contributed by atoms with Crippen LogP contribution in [0.1, 0.15) is 45.6 Å². The van der Waals surface area contributed by atoms with Crippen molar-refractivity contribution in [3.63, 3.8) is 0 Å². The molecule has 1 heterocycles. The van der Waals surface area contributed by atoms with Gasteiger partial charge in [0.1, 0.15) is 0 Å². The van der Waals surface area contributed by atoms with Crippen LogP contribution in [-0.4, -0.2) is 36.6 Å². The molecule has 0 spiro atoms. The van der Waals surface area contributed by atoms with Crippen molar-refractivity contribution >= 4 is 0 Å². The van der Waals surface area contributed by atoms with Crippen LogP contribution in [0.25, 0.3) is 0 Å². The van der Waals surface area contributed by atoms with E-state index in [1.54, 1.807) is 0 Å². The maximum absolute atomic E-state index is 3.77. The fourth-order valence-electron chi connectivity index (χ4n) is 3.26. The summed E-state index contributed by atoms with van der Waals surface area (Å²) < 4.78 is 0. The highest BCUT2D eigenvalue weighted by Crippen LogP contribution is 2.17. The zero-order valence-electron chi connectivity index (χ0n) is 14.0. The summed E-state index contributed by atoms with van der Waals surface area (Å²) >= 11 is 0. The lowest BCUT2D eigenvalue weighted by atomic mass is 9.98. The fraction of sp³-hybridized carbons (Fsp3) is 0.684. The van der Waals surface area contributed by atoms with E-state index in [1.165, 1.54) is 44.3 Å². The highest BCUT2D eigenvalue weighted by molar-refractivity contribution is 5.16. The first kappa shape index (κ1) is 16.5. The van der Waals surface area contributed by atoms with Gasteiger partial charge in [0.2, 0.25) is 0 Å². The van der Waals surface area contributed by atoms with Crippen LogP contribution in [0.3, 0.4) is 0 Å². The molecule has 1 aromatic carbocycles. The molecule has 1 saturated heterocycles. The lowest BCUT2D eigenvalue weighted by molar-refractivity contribution is 0.120. The Morgan fingerprint density at radius 2 is 2.00 bits per heavy atom. The molecule has 1 fully saturated rings. The summed E-state index contributed by atoms with van der Waals surface area (Å²) in [6.07, 6.45) is 5.06. The number of hydrogen-bond donors (Lipinski definition) is 1. The molecule has 0 aliphatic carbocycles. The zero-order chi connectivity index (χ0) is 15.1. The van der Waals surface area contributed by atoms with Gasteiger partial charge in [0, 0.05) is 25.2 Å². The van der Waals surface area contributed by atoms with E-state index in [1.807, 2.05) is 0 Å². The van der Waals surface area contributed by atoms with Gasteiger partial charge in [-0.1, -0.05) is 57.5 Å². The molecule has 2 rings (SSSR count). The summed E-state index contributed by atoms with van der Waals surface area (Å²) in [5, 5.41) is 3.77.